The summed E-state index contributed by atoms with van der Waals surface area (Å²) in [7, 11) is 0. The summed E-state index contributed by atoms with van der Waals surface area (Å²) in [5.41, 5.74) is 5.39. The van der Waals surface area contributed by atoms with Gasteiger partial charge in [0.05, 0.1) is 0 Å². The van der Waals surface area contributed by atoms with Crippen LogP contribution in [0.15, 0.2) is 18.3 Å². The molecule has 1 aromatic heterocycles. The SMILES string of the molecule is CC(C)(N)CCC(=O)Nc1ncccc1O. The Labute approximate surface area is 94.7 Å². The summed E-state index contributed by atoms with van der Waals surface area (Å²) in [5.74, 6) is -0.0577. The number of aromatic nitrogens is 1. The predicted molar refractivity (Wildman–Crippen MR) is 62.0 cm³/mol. The maximum Gasteiger partial charge on any atom is 0.225 e. The number of amides is 1. The van der Waals surface area contributed by atoms with E-state index >= 15 is 0 Å². The minimum absolute atomic E-state index is 0.0390. The number of hydrogen-bond acceptors (Lipinski definition) is 4. The van der Waals surface area contributed by atoms with E-state index in [1.807, 2.05) is 13.8 Å². The monoisotopic (exact) mass is 223 g/mol. The number of anilines is 1. The lowest BCUT2D eigenvalue weighted by molar-refractivity contribution is -0.116. The van der Waals surface area contributed by atoms with Gasteiger partial charge in [0, 0.05) is 18.2 Å². The predicted octanol–water partition coefficient (Wildman–Crippen LogP) is 1.24. The Bertz CT molecular complexity index is 372. The van der Waals surface area contributed by atoms with E-state index in [-0.39, 0.29) is 23.0 Å². The van der Waals surface area contributed by atoms with Crippen molar-refractivity contribution >= 4 is 11.7 Å². The van der Waals surface area contributed by atoms with Crippen LogP contribution in [0.4, 0.5) is 5.82 Å². The van der Waals surface area contributed by atoms with Crippen LogP contribution in [0, 0.1) is 0 Å². The van der Waals surface area contributed by atoms with Gasteiger partial charge in [0.15, 0.2) is 11.6 Å². The fraction of sp³-hybridized carbons (Fsp3) is 0.455. The number of aromatic hydroxyl groups is 1. The van der Waals surface area contributed by atoms with E-state index in [2.05, 4.69) is 10.3 Å². The minimum atomic E-state index is -0.372. The first-order valence-corrected chi connectivity index (χ1v) is 5.11. The zero-order valence-electron chi connectivity index (χ0n) is 9.53. The van der Waals surface area contributed by atoms with Crippen molar-refractivity contribution in [2.45, 2.75) is 32.2 Å². The number of nitrogens with zero attached hydrogens (tertiary/aromatic N) is 1. The summed E-state index contributed by atoms with van der Waals surface area (Å²) >= 11 is 0. The number of pyridine rings is 1. The normalized spacial score (nSPS) is 11.2. The first-order valence-electron chi connectivity index (χ1n) is 5.11. The standard InChI is InChI=1S/C11H17N3O2/c1-11(2,12)6-5-9(16)14-10-8(15)4-3-7-13-10/h3-4,7,15H,5-6,12H2,1-2H3,(H,13,14,16). The molecule has 0 aliphatic carbocycles. The first-order chi connectivity index (χ1) is 7.38. The number of carbonyl (C=O) groups excluding carboxylic acids is 1. The highest BCUT2D eigenvalue weighted by molar-refractivity contribution is 5.90. The maximum absolute atomic E-state index is 11.5. The molecule has 0 fully saturated rings. The molecule has 0 aliphatic heterocycles. The minimum Gasteiger partial charge on any atom is -0.504 e. The lowest BCUT2D eigenvalue weighted by Gasteiger charge is -2.17. The van der Waals surface area contributed by atoms with Crippen molar-refractivity contribution in [1.29, 1.82) is 0 Å². The fourth-order valence-electron chi connectivity index (χ4n) is 1.12. The molecule has 1 aromatic rings. The molecule has 0 saturated carbocycles. The third-order valence-corrected chi connectivity index (χ3v) is 2.04. The fourth-order valence-corrected chi connectivity index (χ4v) is 1.12. The average Bonchev–Trinajstić information content (AvgIpc) is 2.18. The zero-order chi connectivity index (χ0) is 12.2. The van der Waals surface area contributed by atoms with Crippen LogP contribution in [0.3, 0.4) is 0 Å². The van der Waals surface area contributed by atoms with Gasteiger partial charge in [-0.2, -0.15) is 0 Å². The molecule has 16 heavy (non-hydrogen) atoms. The molecule has 1 heterocycles. The van der Waals surface area contributed by atoms with E-state index in [9.17, 15) is 9.90 Å². The molecule has 0 atom stereocenters. The number of hydrogen-bond donors (Lipinski definition) is 3. The number of nitrogens with two attached hydrogens (primary N) is 1. The average molecular weight is 223 g/mol. The third kappa shape index (κ3) is 4.27. The van der Waals surface area contributed by atoms with E-state index in [4.69, 9.17) is 5.73 Å². The smallest absolute Gasteiger partial charge is 0.225 e. The van der Waals surface area contributed by atoms with Gasteiger partial charge in [-0.25, -0.2) is 4.98 Å². The molecule has 0 saturated heterocycles. The highest BCUT2D eigenvalue weighted by Gasteiger charge is 2.14. The van der Waals surface area contributed by atoms with Crippen molar-refractivity contribution in [3.05, 3.63) is 18.3 Å². The summed E-state index contributed by atoms with van der Waals surface area (Å²) in [5, 5.41) is 11.9. The van der Waals surface area contributed by atoms with Crippen molar-refractivity contribution in [1.82, 2.24) is 4.98 Å². The van der Waals surface area contributed by atoms with Gasteiger partial charge >= 0.3 is 0 Å². The summed E-state index contributed by atoms with van der Waals surface area (Å²) in [6, 6.07) is 3.06. The van der Waals surface area contributed by atoms with Crippen LogP contribution in [0.5, 0.6) is 5.75 Å². The van der Waals surface area contributed by atoms with Crippen molar-refractivity contribution in [2.24, 2.45) is 5.73 Å². The third-order valence-electron chi connectivity index (χ3n) is 2.04. The maximum atomic E-state index is 11.5. The molecule has 4 N–H and O–H groups in total. The van der Waals surface area contributed by atoms with Crippen LogP contribution < -0.4 is 11.1 Å². The summed E-state index contributed by atoms with van der Waals surface area (Å²) in [6.45, 7) is 3.72. The van der Waals surface area contributed by atoms with Gasteiger partial charge in [-0.15, -0.1) is 0 Å². The van der Waals surface area contributed by atoms with Crippen LogP contribution in [0.25, 0.3) is 0 Å². The van der Waals surface area contributed by atoms with Crippen LogP contribution in [0.2, 0.25) is 0 Å². The topological polar surface area (TPSA) is 88.2 Å². The van der Waals surface area contributed by atoms with Crippen LogP contribution >= 0.6 is 0 Å². The summed E-state index contributed by atoms with van der Waals surface area (Å²) in [4.78, 5) is 15.3. The van der Waals surface area contributed by atoms with Crippen LogP contribution in [-0.4, -0.2) is 21.5 Å². The van der Waals surface area contributed by atoms with E-state index in [0.29, 0.717) is 12.8 Å². The highest BCUT2D eigenvalue weighted by Crippen LogP contribution is 2.18. The van der Waals surface area contributed by atoms with Crippen molar-refractivity contribution < 1.29 is 9.90 Å². The van der Waals surface area contributed by atoms with Crippen LogP contribution in [-0.2, 0) is 4.79 Å². The van der Waals surface area contributed by atoms with Crippen LogP contribution in [0.1, 0.15) is 26.7 Å². The molecule has 0 spiro atoms. The molecule has 0 aromatic carbocycles. The van der Waals surface area contributed by atoms with Gasteiger partial charge in [-0.1, -0.05) is 0 Å². The number of nitrogens with one attached hydrogen (secondary N) is 1. The Morgan fingerprint density at radius 3 is 2.88 bits per heavy atom. The van der Waals surface area contributed by atoms with E-state index < -0.39 is 0 Å². The van der Waals surface area contributed by atoms with Gasteiger partial charge < -0.3 is 16.2 Å². The molecule has 0 bridgehead atoms. The lowest BCUT2D eigenvalue weighted by Crippen LogP contribution is -2.33. The molecule has 88 valence electrons. The van der Waals surface area contributed by atoms with Gasteiger partial charge in [-0.3, -0.25) is 4.79 Å². The summed E-state index contributed by atoms with van der Waals surface area (Å²) < 4.78 is 0. The van der Waals surface area contributed by atoms with Crippen molar-refractivity contribution in [3.63, 3.8) is 0 Å². The molecule has 1 amide bonds. The second kappa shape index (κ2) is 4.94. The van der Waals surface area contributed by atoms with Gasteiger partial charge in [-0.05, 0) is 32.4 Å². The van der Waals surface area contributed by atoms with E-state index in [1.165, 1.54) is 12.3 Å². The van der Waals surface area contributed by atoms with Gasteiger partial charge in [0.2, 0.25) is 5.91 Å². The molecule has 1 rings (SSSR count). The Morgan fingerprint density at radius 2 is 2.31 bits per heavy atom. The molecule has 5 heteroatoms. The molecule has 5 nitrogen and oxygen atoms in total. The Kier molecular flexibility index (Phi) is 3.84. The van der Waals surface area contributed by atoms with Gasteiger partial charge in [0.25, 0.3) is 0 Å². The Hall–Kier alpha value is -1.62. The summed E-state index contributed by atoms with van der Waals surface area (Å²) in [6.07, 6.45) is 2.38. The van der Waals surface area contributed by atoms with E-state index in [0.717, 1.165) is 0 Å². The second-order valence-corrected chi connectivity index (χ2v) is 4.41. The van der Waals surface area contributed by atoms with Crippen molar-refractivity contribution in [2.75, 3.05) is 5.32 Å². The first kappa shape index (κ1) is 12.4. The molecular weight excluding hydrogens is 206 g/mol. The lowest BCUT2D eigenvalue weighted by atomic mass is 10.00. The molecule has 0 radical (unpaired) electrons. The van der Waals surface area contributed by atoms with Gasteiger partial charge in [0.1, 0.15) is 0 Å². The number of rotatable bonds is 4. The van der Waals surface area contributed by atoms with Crippen molar-refractivity contribution in [3.8, 4) is 5.75 Å². The highest BCUT2D eigenvalue weighted by atomic mass is 16.3. The number of carbonyl (C=O) groups is 1. The largest absolute Gasteiger partial charge is 0.504 e. The molecule has 0 unspecified atom stereocenters. The van der Waals surface area contributed by atoms with E-state index in [1.54, 1.807) is 6.07 Å². The zero-order valence-corrected chi connectivity index (χ0v) is 9.53. The molecule has 0 aliphatic rings. The molecular formula is C11H17N3O2. The second-order valence-electron chi connectivity index (χ2n) is 4.41. The Balaban J connectivity index is 2.50. The quantitative estimate of drug-likeness (QED) is 0.716. The Morgan fingerprint density at radius 1 is 1.62 bits per heavy atom.